The first-order valence-corrected chi connectivity index (χ1v) is 9.06. The minimum atomic E-state index is -0.220. The third kappa shape index (κ3) is 4.44. The minimum absolute atomic E-state index is 0.0921. The van der Waals surface area contributed by atoms with Gasteiger partial charge in [0.1, 0.15) is 0 Å². The van der Waals surface area contributed by atoms with E-state index in [2.05, 4.69) is 30.9 Å². The van der Waals surface area contributed by atoms with E-state index in [0.29, 0.717) is 5.82 Å². The van der Waals surface area contributed by atoms with Gasteiger partial charge in [-0.3, -0.25) is 14.5 Å². The topological polar surface area (TPSA) is 97.6 Å². The average Bonchev–Trinajstić information content (AvgIpc) is 3.20. The van der Waals surface area contributed by atoms with Crippen LogP contribution in [-0.2, 0) is 11.8 Å². The summed E-state index contributed by atoms with van der Waals surface area (Å²) in [6.07, 6.45) is 3.41. The van der Waals surface area contributed by atoms with Crippen molar-refractivity contribution < 1.29 is 4.79 Å². The van der Waals surface area contributed by atoms with Crippen LogP contribution in [0.1, 0.15) is 0 Å². The number of nitrogens with one attached hydrogen (secondary N) is 2. The Labute approximate surface area is 167 Å². The number of pyridine rings is 1. The molecule has 2 N–H and O–H groups in total. The largest absolute Gasteiger partial charge is 0.375 e. The van der Waals surface area contributed by atoms with Crippen LogP contribution in [0.4, 0.5) is 11.5 Å². The molecule has 0 saturated heterocycles. The zero-order valence-electron chi connectivity index (χ0n) is 15.8. The van der Waals surface area contributed by atoms with Crippen molar-refractivity contribution in [3.8, 4) is 22.6 Å². The van der Waals surface area contributed by atoms with Crippen LogP contribution in [0.3, 0.4) is 0 Å². The fourth-order valence-corrected chi connectivity index (χ4v) is 2.81. The third-order valence-corrected chi connectivity index (χ3v) is 4.30. The summed E-state index contributed by atoms with van der Waals surface area (Å²) >= 11 is 0. The lowest BCUT2D eigenvalue weighted by molar-refractivity contribution is -0.114. The average molecular weight is 385 g/mol. The number of aryl methyl sites for hydroxylation is 1. The predicted octanol–water partition coefficient (Wildman–Crippen LogP) is 2.99. The summed E-state index contributed by atoms with van der Waals surface area (Å²) in [7, 11) is 1.86. The molecule has 0 unspecified atom stereocenters. The lowest BCUT2D eigenvalue weighted by Gasteiger charge is -2.08. The molecule has 0 spiro atoms. The van der Waals surface area contributed by atoms with Gasteiger partial charge in [0.15, 0.2) is 5.82 Å². The Morgan fingerprint density at radius 1 is 0.966 bits per heavy atom. The number of anilines is 2. The molecule has 0 radical (unpaired) electrons. The van der Waals surface area contributed by atoms with Gasteiger partial charge in [0.2, 0.25) is 5.91 Å². The van der Waals surface area contributed by atoms with Crippen molar-refractivity contribution in [2.75, 3.05) is 17.2 Å². The highest BCUT2D eigenvalue weighted by molar-refractivity contribution is 5.92. The maximum atomic E-state index is 12.2. The molecule has 0 saturated carbocycles. The molecule has 144 valence electrons. The number of carbonyl (C=O) groups is 1. The second kappa shape index (κ2) is 8.30. The second-order valence-electron chi connectivity index (χ2n) is 6.34. The SMILES string of the molecule is Cn1nccc1-c1ccc(NCC(=O)Nc2ccc(-c3ccccc3)nn2)cn1. The molecule has 0 aliphatic heterocycles. The summed E-state index contributed by atoms with van der Waals surface area (Å²) in [5.41, 5.74) is 4.21. The van der Waals surface area contributed by atoms with Crippen LogP contribution in [-0.4, -0.2) is 37.4 Å². The number of rotatable bonds is 6. The fourth-order valence-electron chi connectivity index (χ4n) is 2.81. The second-order valence-corrected chi connectivity index (χ2v) is 6.34. The molecular formula is C21H19N7O. The van der Waals surface area contributed by atoms with Gasteiger partial charge < -0.3 is 10.6 Å². The molecule has 3 aromatic heterocycles. The number of benzene rings is 1. The van der Waals surface area contributed by atoms with Gasteiger partial charge in [-0.25, -0.2) is 0 Å². The van der Waals surface area contributed by atoms with Crippen LogP contribution >= 0.6 is 0 Å². The molecule has 3 heterocycles. The van der Waals surface area contributed by atoms with Crippen LogP contribution in [0.2, 0.25) is 0 Å². The summed E-state index contributed by atoms with van der Waals surface area (Å²) in [6, 6.07) is 19.0. The van der Waals surface area contributed by atoms with E-state index < -0.39 is 0 Å². The molecule has 0 aliphatic carbocycles. The maximum Gasteiger partial charge on any atom is 0.244 e. The smallest absolute Gasteiger partial charge is 0.244 e. The fraction of sp³-hybridized carbons (Fsp3) is 0.0952. The quantitative estimate of drug-likeness (QED) is 0.530. The first-order chi connectivity index (χ1) is 14.2. The number of hydrogen-bond donors (Lipinski definition) is 2. The van der Waals surface area contributed by atoms with Gasteiger partial charge >= 0.3 is 0 Å². The number of hydrogen-bond acceptors (Lipinski definition) is 6. The normalized spacial score (nSPS) is 10.5. The Kier molecular flexibility index (Phi) is 5.24. The van der Waals surface area contributed by atoms with Gasteiger partial charge in [-0.05, 0) is 30.3 Å². The lowest BCUT2D eigenvalue weighted by atomic mass is 10.1. The zero-order chi connectivity index (χ0) is 20.1. The maximum absolute atomic E-state index is 12.2. The van der Waals surface area contributed by atoms with Crippen LogP contribution in [0, 0.1) is 0 Å². The Morgan fingerprint density at radius 2 is 1.79 bits per heavy atom. The summed E-state index contributed by atoms with van der Waals surface area (Å²) in [5, 5.41) is 18.1. The van der Waals surface area contributed by atoms with Crippen molar-refractivity contribution in [1.29, 1.82) is 0 Å². The molecule has 0 atom stereocenters. The monoisotopic (exact) mass is 385 g/mol. The van der Waals surface area contributed by atoms with Gasteiger partial charge in [0, 0.05) is 18.8 Å². The Bertz CT molecular complexity index is 1090. The van der Waals surface area contributed by atoms with Gasteiger partial charge in [-0.15, -0.1) is 10.2 Å². The molecule has 0 bridgehead atoms. The molecule has 8 nitrogen and oxygen atoms in total. The van der Waals surface area contributed by atoms with E-state index in [9.17, 15) is 4.79 Å². The predicted molar refractivity (Wildman–Crippen MR) is 111 cm³/mol. The van der Waals surface area contributed by atoms with Crippen molar-refractivity contribution in [1.82, 2.24) is 25.0 Å². The van der Waals surface area contributed by atoms with Crippen molar-refractivity contribution >= 4 is 17.4 Å². The summed E-state index contributed by atoms with van der Waals surface area (Å²) in [4.78, 5) is 16.6. The van der Waals surface area contributed by atoms with E-state index in [1.165, 1.54) is 0 Å². The van der Waals surface area contributed by atoms with Crippen LogP contribution in [0.15, 0.2) is 73.1 Å². The van der Waals surface area contributed by atoms with Crippen molar-refractivity contribution in [2.45, 2.75) is 0 Å². The van der Waals surface area contributed by atoms with Gasteiger partial charge in [0.05, 0.1) is 35.5 Å². The van der Waals surface area contributed by atoms with E-state index in [0.717, 1.165) is 28.3 Å². The molecular weight excluding hydrogens is 366 g/mol. The van der Waals surface area contributed by atoms with Gasteiger partial charge in [-0.1, -0.05) is 30.3 Å². The van der Waals surface area contributed by atoms with Crippen LogP contribution in [0.25, 0.3) is 22.6 Å². The van der Waals surface area contributed by atoms with Crippen molar-refractivity contribution in [2.24, 2.45) is 7.05 Å². The van der Waals surface area contributed by atoms with Gasteiger partial charge in [-0.2, -0.15) is 5.10 Å². The highest BCUT2D eigenvalue weighted by atomic mass is 16.2. The highest BCUT2D eigenvalue weighted by Gasteiger charge is 2.07. The molecule has 4 rings (SSSR count). The summed E-state index contributed by atoms with van der Waals surface area (Å²) in [6.45, 7) is 0.0921. The first kappa shape index (κ1) is 18.3. The Balaban J connectivity index is 1.31. The minimum Gasteiger partial charge on any atom is -0.375 e. The van der Waals surface area contributed by atoms with Crippen LogP contribution < -0.4 is 10.6 Å². The molecule has 1 amide bonds. The summed E-state index contributed by atoms with van der Waals surface area (Å²) < 4.78 is 1.76. The zero-order valence-corrected chi connectivity index (χ0v) is 15.8. The highest BCUT2D eigenvalue weighted by Crippen LogP contribution is 2.18. The van der Waals surface area contributed by atoms with Gasteiger partial charge in [0.25, 0.3) is 0 Å². The van der Waals surface area contributed by atoms with E-state index in [-0.39, 0.29) is 12.5 Å². The van der Waals surface area contributed by atoms with E-state index in [1.54, 1.807) is 23.1 Å². The van der Waals surface area contributed by atoms with Crippen LogP contribution in [0.5, 0.6) is 0 Å². The number of carbonyl (C=O) groups excluding carboxylic acids is 1. The number of aromatic nitrogens is 5. The third-order valence-electron chi connectivity index (χ3n) is 4.30. The molecule has 29 heavy (non-hydrogen) atoms. The first-order valence-electron chi connectivity index (χ1n) is 9.06. The molecule has 0 fully saturated rings. The molecule has 1 aromatic carbocycles. The van der Waals surface area contributed by atoms with E-state index in [1.807, 2.05) is 61.6 Å². The van der Waals surface area contributed by atoms with E-state index in [4.69, 9.17) is 0 Å². The number of nitrogens with zero attached hydrogens (tertiary/aromatic N) is 5. The van der Waals surface area contributed by atoms with Crippen molar-refractivity contribution in [3.05, 3.63) is 73.1 Å². The lowest BCUT2D eigenvalue weighted by Crippen LogP contribution is -2.22. The van der Waals surface area contributed by atoms with E-state index >= 15 is 0 Å². The number of amides is 1. The summed E-state index contributed by atoms with van der Waals surface area (Å²) in [5.74, 6) is 0.184. The molecule has 4 aromatic rings. The molecule has 0 aliphatic rings. The molecule has 8 heteroatoms. The Morgan fingerprint density at radius 3 is 2.45 bits per heavy atom. The Hall–Kier alpha value is -4.07. The standard InChI is InChI=1S/C21H19N7O/c1-28-19(11-12-24-28)18-8-7-16(13-23-18)22-14-21(29)25-20-10-9-17(26-27-20)15-5-3-2-4-6-15/h2-13,22H,14H2,1H3,(H,25,27,29). The van der Waals surface area contributed by atoms with Crippen molar-refractivity contribution in [3.63, 3.8) is 0 Å².